The van der Waals surface area contributed by atoms with Crippen LogP contribution < -0.4 is 10.1 Å². The highest BCUT2D eigenvalue weighted by molar-refractivity contribution is 5.61. The van der Waals surface area contributed by atoms with Gasteiger partial charge in [0.25, 0.3) is 5.69 Å². The molecule has 1 aliphatic rings. The Bertz CT molecular complexity index is 735. The van der Waals surface area contributed by atoms with Gasteiger partial charge in [-0.2, -0.15) is 0 Å². The Morgan fingerprint density at radius 3 is 3.04 bits per heavy atom. The first-order chi connectivity index (χ1) is 11.6. The highest BCUT2D eigenvalue weighted by atomic mass is 19.1. The summed E-state index contributed by atoms with van der Waals surface area (Å²) in [5, 5.41) is 13.9. The lowest BCUT2D eigenvalue weighted by molar-refractivity contribution is -0.384. The van der Waals surface area contributed by atoms with Crippen LogP contribution in [-0.4, -0.2) is 29.2 Å². The van der Waals surface area contributed by atoms with Gasteiger partial charge in [0.05, 0.1) is 24.2 Å². The molecule has 1 atom stereocenters. The van der Waals surface area contributed by atoms with Crippen molar-refractivity contribution in [2.75, 3.05) is 18.5 Å². The second-order valence-corrected chi connectivity index (χ2v) is 5.38. The molecule has 0 amide bonds. The Balaban J connectivity index is 1.67. The molecular weight excluding hydrogens is 317 g/mol. The third kappa shape index (κ3) is 3.96. The third-order valence-electron chi connectivity index (χ3n) is 3.61. The maximum Gasteiger partial charge on any atom is 0.295 e. The summed E-state index contributed by atoms with van der Waals surface area (Å²) in [6.07, 6.45) is 2.44. The normalized spacial score (nSPS) is 16.8. The highest BCUT2D eigenvalue weighted by Gasteiger charge is 2.18. The van der Waals surface area contributed by atoms with E-state index in [1.54, 1.807) is 18.3 Å². The fourth-order valence-electron chi connectivity index (χ4n) is 2.40. The van der Waals surface area contributed by atoms with Gasteiger partial charge >= 0.3 is 0 Å². The number of ether oxygens (including phenoxy) is 2. The van der Waals surface area contributed by atoms with Crippen LogP contribution in [0.25, 0.3) is 0 Å². The lowest BCUT2D eigenvalue weighted by Gasteiger charge is -2.12. The predicted molar refractivity (Wildman–Crippen MR) is 84.5 cm³/mol. The van der Waals surface area contributed by atoms with E-state index >= 15 is 0 Å². The van der Waals surface area contributed by atoms with E-state index in [1.165, 1.54) is 12.1 Å². The average Bonchev–Trinajstić information content (AvgIpc) is 3.07. The predicted octanol–water partition coefficient (Wildman–Crippen LogP) is 2.91. The summed E-state index contributed by atoms with van der Waals surface area (Å²) >= 11 is 0. The standard InChI is InChI=1S/C16H16FN3O4/c17-12-1-2-14(15(8-12)20(21)22)19-9-11-3-5-18-16(7-11)24-13-4-6-23-10-13/h1-3,5,7-8,13,19H,4,6,9-10H2. The van der Waals surface area contributed by atoms with Crippen LogP contribution in [0.3, 0.4) is 0 Å². The minimum Gasteiger partial charge on any atom is -0.472 e. The Hall–Kier alpha value is -2.74. The summed E-state index contributed by atoms with van der Waals surface area (Å²) in [5.41, 5.74) is 0.797. The fraction of sp³-hybridized carbons (Fsp3) is 0.312. The molecule has 1 fully saturated rings. The van der Waals surface area contributed by atoms with E-state index < -0.39 is 10.7 Å². The van der Waals surface area contributed by atoms with Gasteiger partial charge in [0.1, 0.15) is 17.6 Å². The van der Waals surface area contributed by atoms with Crippen LogP contribution in [0.5, 0.6) is 5.88 Å². The van der Waals surface area contributed by atoms with Crippen molar-refractivity contribution >= 4 is 11.4 Å². The maximum absolute atomic E-state index is 13.2. The number of benzene rings is 1. The van der Waals surface area contributed by atoms with Crippen LogP contribution in [0.2, 0.25) is 0 Å². The summed E-state index contributed by atoms with van der Waals surface area (Å²) in [6, 6.07) is 6.96. The van der Waals surface area contributed by atoms with Gasteiger partial charge in [-0.15, -0.1) is 0 Å². The van der Waals surface area contributed by atoms with E-state index in [4.69, 9.17) is 9.47 Å². The molecule has 0 aliphatic carbocycles. The molecule has 1 N–H and O–H groups in total. The molecule has 0 radical (unpaired) electrons. The minimum atomic E-state index is -0.648. The van der Waals surface area contributed by atoms with Gasteiger partial charge in [0.15, 0.2) is 0 Å². The van der Waals surface area contributed by atoms with Crippen LogP contribution >= 0.6 is 0 Å². The number of rotatable bonds is 6. The van der Waals surface area contributed by atoms with E-state index in [0.29, 0.717) is 25.6 Å². The summed E-state index contributed by atoms with van der Waals surface area (Å²) in [4.78, 5) is 14.5. The van der Waals surface area contributed by atoms with E-state index in [-0.39, 0.29) is 17.5 Å². The zero-order valence-corrected chi connectivity index (χ0v) is 12.8. The van der Waals surface area contributed by atoms with E-state index in [1.807, 2.05) is 0 Å². The van der Waals surface area contributed by atoms with E-state index in [0.717, 1.165) is 18.1 Å². The Morgan fingerprint density at radius 2 is 2.29 bits per heavy atom. The topological polar surface area (TPSA) is 86.5 Å². The van der Waals surface area contributed by atoms with Crippen molar-refractivity contribution in [2.45, 2.75) is 19.1 Å². The van der Waals surface area contributed by atoms with Crippen LogP contribution in [0.15, 0.2) is 36.5 Å². The summed E-state index contributed by atoms with van der Waals surface area (Å²) in [6.45, 7) is 1.55. The summed E-state index contributed by atoms with van der Waals surface area (Å²) in [5.74, 6) is -0.163. The highest BCUT2D eigenvalue weighted by Crippen LogP contribution is 2.25. The van der Waals surface area contributed by atoms with Gasteiger partial charge in [-0.3, -0.25) is 10.1 Å². The number of anilines is 1. The van der Waals surface area contributed by atoms with Crippen molar-refractivity contribution in [1.82, 2.24) is 4.98 Å². The molecule has 0 saturated carbocycles. The van der Waals surface area contributed by atoms with Gasteiger partial charge in [-0.25, -0.2) is 9.37 Å². The second-order valence-electron chi connectivity index (χ2n) is 5.38. The first kappa shape index (κ1) is 16.1. The fourth-order valence-corrected chi connectivity index (χ4v) is 2.40. The maximum atomic E-state index is 13.2. The van der Waals surface area contributed by atoms with Gasteiger partial charge < -0.3 is 14.8 Å². The molecule has 8 heteroatoms. The van der Waals surface area contributed by atoms with Crippen molar-refractivity contribution in [3.63, 3.8) is 0 Å². The zero-order valence-electron chi connectivity index (χ0n) is 12.8. The Labute approximate surface area is 137 Å². The van der Waals surface area contributed by atoms with Crippen molar-refractivity contribution in [3.05, 3.63) is 58.0 Å². The molecule has 1 aliphatic heterocycles. The van der Waals surface area contributed by atoms with Crippen LogP contribution in [0, 0.1) is 15.9 Å². The third-order valence-corrected chi connectivity index (χ3v) is 3.61. The number of hydrogen-bond acceptors (Lipinski definition) is 6. The molecular formula is C16H16FN3O4. The molecule has 3 rings (SSSR count). The molecule has 2 heterocycles. The molecule has 1 saturated heterocycles. The molecule has 1 unspecified atom stereocenters. The monoisotopic (exact) mass is 333 g/mol. The smallest absolute Gasteiger partial charge is 0.295 e. The first-order valence-corrected chi connectivity index (χ1v) is 7.49. The molecule has 2 aromatic rings. The number of nitrogens with zero attached hydrogens (tertiary/aromatic N) is 2. The first-order valence-electron chi connectivity index (χ1n) is 7.49. The quantitative estimate of drug-likeness (QED) is 0.646. The lowest BCUT2D eigenvalue weighted by atomic mass is 10.2. The van der Waals surface area contributed by atoms with Crippen molar-refractivity contribution in [1.29, 1.82) is 0 Å². The van der Waals surface area contributed by atoms with Crippen molar-refractivity contribution < 1.29 is 18.8 Å². The van der Waals surface area contributed by atoms with E-state index in [2.05, 4.69) is 10.3 Å². The molecule has 0 spiro atoms. The molecule has 0 bridgehead atoms. The van der Waals surface area contributed by atoms with Crippen LogP contribution in [0.1, 0.15) is 12.0 Å². The largest absolute Gasteiger partial charge is 0.472 e. The molecule has 1 aromatic carbocycles. The summed E-state index contributed by atoms with van der Waals surface area (Å²) in [7, 11) is 0. The lowest BCUT2D eigenvalue weighted by Crippen LogP contribution is -2.16. The van der Waals surface area contributed by atoms with Crippen molar-refractivity contribution in [3.8, 4) is 5.88 Å². The second kappa shape index (κ2) is 7.22. The van der Waals surface area contributed by atoms with Gasteiger partial charge in [0, 0.05) is 25.2 Å². The van der Waals surface area contributed by atoms with Gasteiger partial charge in [-0.05, 0) is 23.8 Å². The number of nitro benzene ring substituents is 1. The minimum absolute atomic E-state index is 0.00102. The van der Waals surface area contributed by atoms with Crippen LogP contribution in [0.4, 0.5) is 15.8 Å². The van der Waals surface area contributed by atoms with E-state index in [9.17, 15) is 14.5 Å². The van der Waals surface area contributed by atoms with Crippen LogP contribution in [-0.2, 0) is 11.3 Å². The van der Waals surface area contributed by atoms with Gasteiger partial charge in [-0.1, -0.05) is 0 Å². The molecule has 126 valence electrons. The summed E-state index contributed by atoms with van der Waals surface area (Å²) < 4.78 is 24.1. The number of hydrogen-bond donors (Lipinski definition) is 1. The number of nitro groups is 1. The number of aromatic nitrogens is 1. The Morgan fingerprint density at radius 1 is 1.42 bits per heavy atom. The zero-order chi connectivity index (χ0) is 16.9. The SMILES string of the molecule is O=[N+]([O-])c1cc(F)ccc1NCc1ccnc(OC2CCOC2)c1. The molecule has 7 nitrogen and oxygen atoms in total. The number of nitrogens with one attached hydrogen (secondary N) is 1. The van der Waals surface area contributed by atoms with Crippen molar-refractivity contribution in [2.24, 2.45) is 0 Å². The molecule has 1 aromatic heterocycles. The number of halogens is 1. The molecule has 24 heavy (non-hydrogen) atoms. The Kier molecular flexibility index (Phi) is 4.85. The van der Waals surface area contributed by atoms with Gasteiger partial charge in [0.2, 0.25) is 5.88 Å². The average molecular weight is 333 g/mol. The number of pyridine rings is 1.